The first-order valence-corrected chi connectivity index (χ1v) is 4.99. The summed E-state index contributed by atoms with van der Waals surface area (Å²) < 4.78 is 1.75. The molecule has 1 rings (SSSR count). The number of hydrogen-bond donors (Lipinski definition) is 2. The Hall–Kier alpha value is 0.150. The van der Waals surface area contributed by atoms with Crippen LogP contribution in [-0.4, -0.2) is 5.91 Å². The Morgan fingerprint density at radius 2 is 2.15 bits per heavy atom. The van der Waals surface area contributed by atoms with Gasteiger partial charge in [-0.3, -0.25) is 10.2 Å². The lowest BCUT2D eigenvalue weighted by atomic mass is 10.2. The molecule has 0 saturated heterocycles. The smallest absolute Gasteiger partial charge is 0.266 e. The molecule has 0 aliphatic rings. The van der Waals surface area contributed by atoms with Gasteiger partial charge in [-0.05, 0) is 50.7 Å². The van der Waals surface area contributed by atoms with Crippen molar-refractivity contribution >= 4 is 56.8 Å². The SMILES string of the molecule is Cl.NNC(=O)c1cccc(Br)c1I. The fraction of sp³-hybridized carbons (Fsp3) is 0. The van der Waals surface area contributed by atoms with Crippen molar-refractivity contribution in [2.45, 2.75) is 0 Å². The number of amides is 1. The van der Waals surface area contributed by atoms with Crippen LogP contribution in [0.25, 0.3) is 0 Å². The summed E-state index contributed by atoms with van der Waals surface area (Å²) in [5.41, 5.74) is 2.66. The summed E-state index contributed by atoms with van der Waals surface area (Å²) in [5.74, 6) is 4.73. The Morgan fingerprint density at radius 3 is 2.69 bits per heavy atom. The fourth-order valence-electron chi connectivity index (χ4n) is 0.757. The van der Waals surface area contributed by atoms with Gasteiger partial charge in [0, 0.05) is 8.04 Å². The molecule has 13 heavy (non-hydrogen) atoms. The lowest BCUT2D eigenvalue weighted by molar-refractivity contribution is 0.0952. The molecule has 0 radical (unpaired) electrons. The molecule has 3 nitrogen and oxygen atoms in total. The molecule has 0 bridgehead atoms. The number of nitrogens with two attached hydrogens (primary N) is 1. The number of hydrogen-bond acceptors (Lipinski definition) is 2. The minimum Gasteiger partial charge on any atom is -0.290 e. The molecule has 0 atom stereocenters. The van der Waals surface area contributed by atoms with Crippen molar-refractivity contribution in [2.75, 3.05) is 0 Å². The summed E-state index contributed by atoms with van der Waals surface area (Å²) >= 11 is 5.40. The largest absolute Gasteiger partial charge is 0.290 e. The monoisotopic (exact) mass is 376 g/mol. The molecule has 1 aromatic rings. The third-order valence-corrected chi connectivity index (χ3v) is 3.89. The van der Waals surface area contributed by atoms with Gasteiger partial charge < -0.3 is 0 Å². The predicted octanol–water partition coefficient (Wildman–Crippen LogP) is 2.08. The van der Waals surface area contributed by atoms with Crippen molar-refractivity contribution < 1.29 is 4.79 Å². The second-order valence-corrected chi connectivity index (χ2v) is 4.01. The summed E-state index contributed by atoms with van der Waals surface area (Å²) in [6.07, 6.45) is 0. The van der Waals surface area contributed by atoms with Crippen molar-refractivity contribution in [3.05, 3.63) is 31.8 Å². The molecule has 1 amide bonds. The summed E-state index contributed by atoms with van der Waals surface area (Å²) in [5, 5.41) is 0. The lowest BCUT2D eigenvalue weighted by Crippen LogP contribution is -2.30. The van der Waals surface area contributed by atoms with Crippen LogP contribution in [0.4, 0.5) is 0 Å². The number of nitrogens with one attached hydrogen (secondary N) is 1. The van der Waals surface area contributed by atoms with E-state index in [0.29, 0.717) is 5.56 Å². The third-order valence-electron chi connectivity index (χ3n) is 1.33. The second-order valence-electron chi connectivity index (χ2n) is 2.07. The molecule has 0 saturated carbocycles. The standard InChI is InChI=1S/C7H6BrIN2O.ClH/c8-5-3-1-2-4(6(5)9)7(12)11-10;/h1-3H,10H2,(H,11,12);1H. The van der Waals surface area contributed by atoms with Crippen LogP contribution in [0.1, 0.15) is 10.4 Å². The van der Waals surface area contributed by atoms with Crippen LogP contribution >= 0.6 is 50.9 Å². The van der Waals surface area contributed by atoms with Gasteiger partial charge in [-0.2, -0.15) is 0 Å². The van der Waals surface area contributed by atoms with Gasteiger partial charge in [-0.25, -0.2) is 5.84 Å². The van der Waals surface area contributed by atoms with E-state index in [1.54, 1.807) is 12.1 Å². The van der Waals surface area contributed by atoms with Gasteiger partial charge in [0.2, 0.25) is 0 Å². The fourth-order valence-corrected chi connectivity index (χ4v) is 1.73. The van der Waals surface area contributed by atoms with E-state index in [0.717, 1.165) is 8.04 Å². The highest BCUT2D eigenvalue weighted by Crippen LogP contribution is 2.22. The summed E-state index contributed by atoms with van der Waals surface area (Å²) in [6.45, 7) is 0. The Balaban J connectivity index is 0.00000144. The summed E-state index contributed by atoms with van der Waals surface area (Å²) in [7, 11) is 0. The summed E-state index contributed by atoms with van der Waals surface area (Å²) in [6, 6.07) is 5.38. The maximum Gasteiger partial charge on any atom is 0.266 e. The van der Waals surface area contributed by atoms with E-state index in [4.69, 9.17) is 5.84 Å². The van der Waals surface area contributed by atoms with Crippen LogP contribution in [0.2, 0.25) is 0 Å². The third kappa shape index (κ3) is 3.08. The number of benzene rings is 1. The Kier molecular flexibility index (Phi) is 5.86. The number of hydrazine groups is 1. The maximum atomic E-state index is 11.1. The predicted molar refractivity (Wildman–Crippen MR) is 65.8 cm³/mol. The molecule has 3 N–H and O–H groups in total. The molecule has 0 aliphatic carbocycles. The number of rotatable bonds is 1. The van der Waals surface area contributed by atoms with Crippen LogP contribution in [0, 0.1) is 3.57 Å². The average Bonchev–Trinajstić information content (AvgIpc) is 2.08. The highest BCUT2D eigenvalue weighted by Gasteiger charge is 2.09. The van der Waals surface area contributed by atoms with Gasteiger partial charge in [-0.15, -0.1) is 12.4 Å². The zero-order valence-electron chi connectivity index (χ0n) is 6.38. The van der Waals surface area contributed by atoms with E-state index in [9.17, 15) is 4.79 Å². The highest BCUT2D eigenvalue weighted by atomic mass is 127. The molecule has 0 aliphatic heterocycles. The molecule has 0 unspecified atom stereocenters. The van der Waals surface area contributed by atoms with Crippen LogP contribution in [-0.2, 0) is 0 Å². The Labute approximate surface area is 104 Å². The quantitative estimate of drug-likeness (QED) is 0.341. The van der Waals surface area contributed by atoms with Crippen LogP contribution in [0.3, 0.4) is 0 Å². The Bertz CT molecular complexity index is 321. The lowest BCUT2D eigenvalue weighted by Gasteiger charge is -2.03. The number of carbonyl (C=O) groups is 1. The van der Waals surface area contributed by atoms with Crippen molar-refractivity contribution in [3.8, 4) is 0 Å². The molecule has 0 spiro atoms. The molecule has 72 valence electrons. The van der Waals surface area contributed by atoms with Crippen molar-refractivity contribution in [2.24, 2.45) is 5.84 Å². The topological polar surface area (TPSA) is 55.1 Å². The van der Waals surface area contributed by atoms with E-state index in [1.807, 2.05) is 6.07 Å². The van der Waals surface area contributed by atoms with E-state index < -0.39 is 0 Å². The maximum absolute atomic E-state index is 11.1. The van der Waals surface area contributed by atoms with Crippen molar-refractivity contribution in [3.63, 3.8) is 0 Å². The molecular weight excluding hydrogens is 370 g/mol. The molecular formula is C7H7BrClIN2O. The molecule has 1 aromatic carbocycles. The molecule has 6 heteroatoms. The minimum atomic E-state index is -0.277. The molecule has 0 heterocycles. The van der Waals surface area contributed by atoms with E-state index in [-0.39, 0.29) is 18.3 Å². The minimum absolute atomic E-state index is 0. The first kappa shape index (κ1) is 13.2. The number of nitrogen functional groups attached to an aromatic ring is 1. The van der Waals surface area contributed by atoms with Gasteiger partial charge in [0.15, 0.2) is 0 Å². The number of carbonyl (C=O) groups excluding carboxylic acids is 1. The highest BCUT2D eigenvalue weighted by molar-refractivity contribution is 14.1. The van der Waals surface area contributed by atoms with Gasteiger partial charge in [0.05, 0.1) is 5.56 Å². The van der Waals surface area contributed by atoms with Crippen molar-refractivity contribution in [1.82, 2.24) is 5.43 Å². The van der Waals surface area contributed by atoms with Gasteiger partial charge in [-0.1, -0.05) is 6.07 Å². The van der Waals surface area contributed by atoms with E-state index >= 15 is 0 Å². The van der Waals surface area contributed by atoms with E-state index in [2.05, 4.69) is 43.9 Å². The zero-order valence-corrected chi connectivity index (χ0v) is 10.9. The first-order chi connectivity index (χ1) is 5.66. The first-order valence-electron chi connectivity index (χ1n) is 3.11. The normalized spacial score (nSPS) is 8.85. The van der Waals surface area contributed by atoms with Crippen LogP contribution < -0.4 is 11.3 Å². The Morgan fingerprint density at radius 1 is 1.54 bits per heavy atom. The molecule has 0 aromatic heterocycles. The van der Waals surface area contributed by atoms with Crippen molar-refractivity contribution in [1.29, 1.82) is 0 Å². The van der Waals surface area contributed by atoms with E-state index in [1.165, 1.54) is 0 Å². The van der Waals surface area contributed by atoms with Gasteiger partial charge >= 0.3 is 0 Å². The summed E-state index contributed by atoms with van der Waals surface area (Å²) in [4.78, 5) is 11.1. The molecule has 0 fully saturated rings. The number of halogens is 3. The second kappa shape index (κ2) is 5.79. The van der Waals surface area contributed by atoms with Gasteiger partial charge in [0.1, 0.15) is 0 Å². The van der Waals surface area contributed by atoms with Crippen LogP contribution in [0.15, 0.2) is 22.7 Å². The van der Waals surface area contributed by atoms with Crippen LogP contribution in [0.5, 0.6) is 0 Å². The van der Waals surface area contributed by atoms with Gasteiger partial charge in [0.25, 0.3) is 5.91 Å². The average molecular weight is 377 g/mol. The zero-order chi connectivity index (χ0) is 9.14.